The van der Waals surface area contributed by atoms with E-state index in [-0.39, 0.29) is 19.0 Å². The second kappa shape index (κ2) is 6.96. The molecule has 1 N–H and O–H groups in total. The summed E-state index contributed by atoms with van der Waals surface area (Å²) in [6.07, 6.45) is 6.68. The molecule has 0 spiro atoms. The third-order valence-corrected chi connectivity index (χ3v) is 2.93. The highest BCUT2D eigenvalue weighted by molar-refractivity contribution is 5.80. The van der Waals surface area contributed by atoms with Gasteiger partial charge in [0.1, 0.15) is 0 Å². The van der Waals surface area contributed by atoms with Gasteiger partial charge in [-0.25, -0.2) is 0 Å². The van der Waals surface area contributed by atoms with E-state index in [9.17, 15) is 9.59 Å². The Morgan fingerprint density at radius 2 is 2.22 bits per heavy atom. The molecule has 0 heterocycles. The number of hydrogen-bond donors (Lipinski definition) is 1. The smallest absolute Gasteiger partial charge is 0.317 e. The molecule has 1 amide bonds. The molecule has 0 saturated heterocycles. The molecule has 0 unspecified atom stereocenters. The van der Waals surface area contributed by atoms with Crippen LogP contribution in [0.4, 0.5) is 0 Å². The average Bonchev–Trinajstić information content (AvgIpc) is 2.80. The summed E-state index contributed by atoms with van der Waals surface area (Å²) < 4.78 is 0. The standard InChI is InChI=1S/C13H20N2O3/c1-3-8-15(10-13(17)18)9-12(16)14(2)11-6-4-5-7-11/h3,6H,1,4-5,7-10H2,2H3,(H,17,18). The summed E-state index contributed by atoms with van der Waals surface area (Å²) in [5.74, 6) is -1.02. The number of rotatable bonds is 7. The second-order valence-corrected chi connectivity index (χ2v) is 4.39. The van der Waals surface area contributed by atoms with E-state index >= 15 is 0 Å². The van der Waals surface area contributed by atoms with Crippen LogP contribution in [-0.2, 0) is 9.59 Å². The summed E-state index contributed by atoms with van der Waals surface area (Å²) in [4.78, 5) is 25.9. The Kier molecular flexibility index (Phi) is 5.58. The highest BCUT2D eigenvalue weighted by Gasteiger charge is 2.19. The zero-order valence-electron chi connectivity index (χ0n) is 10.8. The largest absolute Gasteiger partial charge is 0.480 e. The summed E-state index contributed by atoms with van der Waals surface area (Å²) in [6, 6.07) is 0. The number of carboxylic acids is 1. The fraction of sp³-hybridized carbons (Fsp3) is 0.538. The summed E-state index contributed by atoms with van der Waals surface area (Å²) in [5.41, 5.74) is 1.04. The van der Waals surface area contributed by atoms with E-state index in [0.29, 0.717) is 6.54 Å². The number of carboxylic acid groups (broad SMARTS) is 1. The predicted molar refractivity (Wildman–Crippen MR) is 69.0 cm³/mol. The third kappa shape index (κ3) is 4.33. The average molecular weight is 252 g/mol. The highest BCUT2D eigenvalue weighted by Crippen LogP contribution is 2.20. The first-order chi connectivity index (χ1) is 8.54. The normalized spacial score (nSPS) is 14.4. The van der Waals surface area contributed by atoms with Gasteiger partial charge in [-0.1, -0.05) is 12.2 Å². The maximum atomic E-state index is 12.0. The van der Waals surface area contributed by atoms with Crippen LogP contribution in [0.1, 0.15) is 19.3 Å². The van der Waals surface area contributed by atoms with Gasteiger partial charge in [0.05, 0.1) is 13.1 Å². The van der Waals surface area contributed by atoms with E-state index in [2.05, 4.69) is 12.7 Å². The molecule has 0 atom stereocenters. The zero-order valence-corrected chi connectivity index (χ0v) is 10.8. The van der Waals surface area contributed by atoms with E-state index in [1.165, 1.54) is 0 Å². The van der Waals surface area contributed by atoms with Crippen molar-refractivity contribution in [3.05, 3.63) is 24.4 Å². The van der Waals surface area contributed by atoms with Crippen molar-refractivity contribution in [2.24, 2.45) is 0 Å². The van der Waals surface area contributed by atoms with Crippen molar-refractivity contribution < 1.29 is 14.7 Å². The number of carbonyl (C=O) groups is 2. The first-order valence-corrected chi connectivity index (χ1v) is 6.05. The number of likely N-dealkylation sites (N-methyl/N-ethyl adjacent to an activating group) is 1. The molecule has 1 aliphatic rings. The Labute approximate surface area is 107 Å². The number of amides is 1. The molecule has 18 heavy (non-hydrogen) atoms. The number of carbonyl (C=O) groups excluding carboxylic acids is 1. The maximum absolute atomic E-state index is 12.0. The maximum Gasteiger partial charge on any atom is 0.317 e. The van der Waals surface area contributed by atoms with E-state index in [1.54, 1.807) is 22.9 Å². The molecule has 5 nitrogen and oxygen atoms in total. The Morgan fingerprint density at radius 1 is 1.50 bits per heavy atom. The topological polar surface area (TPSA) is 60.9 Å². The van der Waals surface area contributed by atoms with Crippen LogP contribution < -0.4 is 0 Å². The van der Waals surface area contributed by atoms with Crippen LogP contribution in [0.2, 0.25) is 0 Å². The van der Waals surface area contributed by atoms with E-state index in [1.807, 2.05) is 0 Å². The predicted octanol–water partition coefficient (Wildman–Crippen LogP) is 1.09. The molecule has 100 valence electrons. The highest BCUT2D eigenvalue weighted by atomic mass is 16.4. The molecule has 0 aromatic carbocycles. The van der Waals surface area contributed by atoms with Gasteiger partial charge in [0.25, 0.3) is 0 Å². The molecule has 5 heteroatoms. The van der Waals surface area contributed by atoms with Crippen LogP contribution in [0, 0.1) is 0 Å². The SMILES string of the molecule is C=CCN(CC(=O)O)CC(=O)N(C)C1=CCCC1. The minimum atomic E-state index is -0.938. The van der Waals surface area contributed by atoms with Crippen LogP contribution in [0.3, 0.4) is 0 Å². The molecule has 1 rings (SSSR count). The molecule has 1 aliphatic carbocycles. The van der Waals surface area contributed by atoms with Crippen molar-refractivity contribution >= 4 is 11.9 Å². The second-order valence-electron chi connectivity index (χ2n) is 4.39. The van der Waals surface area contributed by atoms with Gasteiger partial charge in [0, 0.05) is 19.3 Å². The van der Waals surface area contributed by atoms with Gasteiger partial charge in [-0.3, -0.25) is 14.5 Å². The minimum absolute atomic E-state index is 0.0775. The molecule has 0 aromatic rings. The number of nitrogens with zero attached hydrogens (tertiary/aromatic N) is 2. The lowest BCUT2D eigenvalue weighted by Crippen LogP contribution is -2.40. The van der Waals surface area contributed by atoms with Gasteiger partial charge in [-0.05, 0) is 19.3 Å². The molecule has 0 saturated carbocycles. The lowest BCUT2D eigenvalue weighted by atomic mass is 10.3. The fourth-order valence-corrected chi connectivity index (χ4v) is 1.97. The van der Waals surface area contributed by atoms with Crippen LogP contribution in [0.5, 0.6) is 0 Å². The minimum Gasteiger partial charge on any atom is -0.480 e. The van der Waals surface area contributed by atoms with Gasteiger partial charge >= 0.3 is 5.97 Å². The summed E-state index contributed by atoms with van der Waals surface area (Å²) in [7, 11) is 1.74. The van der Waals surface area contributed by atoms with Gasteiger partial charge in [0.2, 0.25) is 5.91 Å². The summed E-state index contributed by atoms with van der Waals surface area (Å²) in [6.45, 7) is 3.92. The van der Waals surface area contributed by atoms with Crippen molar-refractivity contribution in [3.8, 4) is 0 Å². The molecule has 0 radical (unpaired) electrons. The van der Waals surface area contributed by atoms with E-state index in [4.69, 9.17) is 5.11 Å². The first-order valence-electron chi connectivity index (χ1n) is 6.05. The lowest BCUT2D eigenvalue weighted by Gasteiger charge is -2.23. The van der Waals surface area contributed by atoms with Crippen LogP contribution in [-0.4, -0.2) is 53.5 Å². The lowest BCUT2D eigenvalue weighted by molar-refractivity contribution is -0.139. The van der Waals surface area contributed by atoms with Crippen molar-refractivity contribution in [2.45, 2.75) is 19.3 Å². The van der Waals surface area contributed by atoms with E-state index < -0.39 is 5.97 Å². The number of aliphatic carboxylic acids is 1. The van der Waals surface area contributed by atoms with E-state index in [0.717, 1.165) is 25.0 Å². The third-order valence-electron chi connectivity index (χ3n) is 2.93. The van der Waals surface area contributed by atoms with Gasteiger partial charge < -0.3 is 10.0 Å². The molecular formula is C13H20N2O3. The fourth-order valence-electron chi connectivity index (χ4n) is 1.97. The van der Waals surface area contributed by atoms with Gasteiger partial charge in [-0.15, -0.1) is 6.58 Å². The summed E-state index contributed by atoms with van der Waals surface area (Å²) in [5, 5.41) is 8.76. The monoisotopic (exact) mass is 252 g/mol. The van der Waals surface area contributed by atoms with Crippen LogP contribution >= 0.6 is 0 Å². The van der Waals surface area contributed by atoms with Crippen molar-refractivity contribution in [2.75, 3.05) is 26.7 Å². The van der Waals surface area contributed by atoms with Crippen molar-refractivity contribution in [3.63, 3.8) is 0 Å². The molecule has 0 aromatic heterocycles. The quantitative estimate of drug-likeness (QED) is 0.689. The number of allylic oxidation sites excluding steroid dienone is 2. The summed E-state index contributed by atoms with van der Waals surface area (Å²) >= 11 is 0. The Balaban J connectivity index is 2.53. The first kappa shape index (κ1) is 14.4. The number of hydrogen-bond acceptors (Lipinski definition) is 3. The van der Waals surface area contributed by atoms with Crippen LogP contribution in [0.25, 0.3) is 0 Å². The Hall–Kier alpha value is -1.62. The van der Waals surface area contributed by atoms with Gasteiger partial charge in [0.15, 0.2) is 0 Å². The van der Waals surface area contributed by atoms with Crippen LogP contribution in [0.15, 0.2) is 24.4 Å². The van der Waals surface area contributed by atoms with Crippen molar-refractivity contribution in [1.29, 1.82) is 0 Å². The van der Waals surface area contributed by atoms with Gasteiger partial charge in [-0.2, -0.15) is 0 Å². The Morgan fingerprint density at radius 3 is 2.72 bits per heavy atom. The molecule has 0 bridgehead atoms. The van der Waals surface area contributed by atoms with Crippen molar-refractivity contribution in [1.82, 2.24) is 9.80 Å². The molecular weight excluding hydrogens is 232 g/mol. The zero-order chi connectivity index (χ0) is 13.5. The molecule has 0 aliphatic heterocycles. The molecule has 0 fully saturated rings. The Bertz CT molecular complexity index is 363.